The highest BCUT2D eigenvalue weighted by molar-refractivity contribution is 5.95. The Hall–Kier alpha value is -1.92. The van der Waals surface area contributed by atoms with Gasteiger partial charge in [0.1, 0.15) is 11.2 Å². The fourth-order valence-electron chi connectivity index (χ4n) is 6.69. The van der Waals surface area contributed by atoms with E-state index in [1.165, 1.54) is 38.5 Å². The fraction of sp³-hybridized carbons (Fsp3) is 0.897. The van der Waals surface area contributed by atoms with Crippen LogP contribution in [0.2, 0.25) is 0 Å². The van der Waals surface area contributed by atoms with E-state index in [0.29, 0.717) is 5.92 Å². The van der Waals surface area contributed by atoms with Gasteiger partial charge in [0.05, 0.1) is 23.7 Å². The molecule has 1 heterocycles. The molecule has 7 heteroatoms. The van der Waals surface area contributed by atoms with Gasteiger partial charge in [-0.15, -0.1) is 0 Å². The molecule has 0 aromatic carbocycles. The summed E-state index contributed by atoms with van der Waals surface area (Å²) in [5.41, 5.74) is -0.638. The van der Waals surface area contributed by atoms with Crippen molar-refractivity contribution in [1.82, 2.24) is 0 Å². The van der Waals surface area contributed by atoms with Crippen molar-refractivity contribution in [3.8, 4) is 0 Å². The van der Waals surface area contributed by atoms with E-state index >= 15 is 0 Å². The van der Waals surface area contributed by atoms with Gasteiger partial charge in [-0.05, 0) is 115 Å². The van der Waals surface area contributed by atoms with Crippen LogP contribution in [0.5, 0.6) is 0 Å². The van der Waals surface area contributed by atoms with E-state index < -0.39 is 11.9 Å². The van der Waals surface area contributed by atoms with E-state index in [1.807, 2.05) is 48.5 Å². The second kappa shape index (κ2) is 18.6. The van der Waals surface area contributed by atoms with Gasteiger partial charge in [-0.2, -0.15) is 0 Å². The van der Waals surface area contributed by atoms with Crippen molar-refractivity contribution in [2.75, 3.05) is 0 Å². The van der Waals surface area contributed by atoms with Crippen molar-refractivity contribution >= 4 is 23.9 Å². The van der Waals surface area contributed by atoms with Crippen molar-refractivity contribution < 1.29 is 33.4 Å². The Bertz CT molecular complexity index is 935. The van der Waals surface area contributed by atoms with Crippen molar-refractivity contribution in [1.29, 1.82) is 0 Å². The van der Waals surface area contributed by atoms with Gasteiger partial charge in [-0.1, -0.05) is 75.2 Å². The molecule has 4 fully saturated rings. The Balaban J connectivity index is 0.000000319. The van der Waals surface area contributed by atoms with Gasteiger partial charge in [0, 0.05) is 0 Å². The maximum atomic E-state index is 11.9. The highest BCUT2D eigenvalue weighted by atomic mass is 16.6. The highest BCUT2D eigenvalue weighted by Gasteiger charge is 2.42. The molecule has 0 aromatic rings. The normalized spacial score (nSPS) is 31.5. The summed E-state index contributed by atoms with van der Waals surface area (Å²) in [6.07, 6.45) is 11.3. The number of fused-ring (bicyclic) bond motifs is 2. The van der Waals surface area contributed by atoms with Gasteiger partial charge in [-0.3, -0.25) is 19.2 Å². The Morgan fingerprint density at radius 2 is 1.09 bits per heavy atom. The number of carbonyl (C=O) groups excluding carboxylic acids is 4. The van der Waals surface area contributed by atoms with E-state index in [2.05, 4.69) is 39.4 Å². The molecule has 268 valence electrons. The van der Waals surface area contributed by atoms with Crippen molar-refractivity contribution in [3.63, 3.8) is 0 Å². The summed E-state index contributed by atoms with van der Waals surface area (Å²) >= 11 is 0. The largest absolute Gasteiger partial charge is 0.460 e. The summed E-state index contributed by atoms with van der Waals surface area (Å²) in [6, 6.07) is 0. The molecule has 4 rings (SSSR count). The first kappa shape index (κ1) is 42.1. The zero-order chi connectivity index (χ0) is 35.6. The molecule has 3 saturated carbocycles. The molecule has 0 spiro atoms. The van der Waals surface area contributed by atoms with Gasteiger partial charge in [0.25, 0.3) is 0 Å². The fourth-order valence-corrected chi connectivity index (χ4v) is 6.69. The third-order valence-electron chi connectivity index (χ3n) is 11.3. The quantitative estimate of drug-likeness (QED) is 0.160. The van der Waals surface area contributed by atoms with Crippen LogP contribution in [0.15, 0.2) is 0 Å². The molecule has 8 atom stereocenters. The van der Waals surface area contributed by atoms with Crippen molar-refractivity contribution in [2.45, 2.75) is 166 Å². The van der Waals surface area contributed by atoms with E-state index in [9.17, 15) is 19.2 Å². The Morgan fingerprint density at radius 3 is 1.37 bits per heavy atom. The maximum absolute atomic E-state index is 11.9. The molecule has 0 aromatic heterocycles. The van der Waals surface area contributed by atoms with Crippen LogP contribution in [-0.4, -0.2) is 35.1 Å². The van der Waals surface area contributed by atoms with E-state index in [1.54, 1.807) is 20.3 Å². The third-order valence-corrected chi connectivity index (χ3v) is 11.3. The number of hydrogen-bond acceptors (Lipinski definition) is 7. The predicted molar refractivity (Wildman–Crippen MR) is 185 cm³/mol. The lowest BCUT2D eigenvalue weighted by Crippen LogP contribution is -2.39. The summed E-state index contributed by atoms with van der Waals surface area (Å²) in [7, 11) is 0. The number of ether oxygens (including phenoxy) is 3. The molecular weight excluding hydrogens is 580 g/mol. The second-order valence-electron chi connectivity index (χ2n) is 16.5. The molecule has 0 N–H and O–H groups in total. The lowest BCUT2D eigenvalue weighted by Gasteiger charge is -2.38. The highest BCUT2D eigenvalue weighted by Crippen LogP contribution is 2.51. The summed E-state index contributed by atoms with van der Waals surface area (Å²) in [4.78, 5) is 44.1. The average Bonchev–Trinajstić information content (AvgIpc) is 3.64. The summed E-state index contributed by atoms with van der Waals surface area (Å²) in [5.74, 6) is 4.32. The zero-order valence-electron chi connectivity index (χ0n) is 32.0. The number of hydrogen-bond donors (Lipinski definition) is 0. The molecule has 46 heavy (non-hydrogen) atoms. The Morgan fingerprint density at radius 1 is 0.696 bits per heavy atom. The SMILES string of the molecule is CC1C(=O)OC(=O)C1C.CC1C2CCC(C2)C1C.CCC(C)C(=O)OC(C)(C)C.CCC(C)C(=O)OC(C)(C)C1CCC(C)CC1. The molecule has 7 nitrogen and oxygen atoms in total. The summed E-state index contributed by atoms with van der Waals surface area (Å²) in [6.45, 7) is 28.2. The molecule has 4 aliphatic rings. The Kier molecular flexibility index (Phi) is 17.0. The van der Waals surface area contributed by atoms with Crippen molar-refractivity contribution in [3.05, 3.63) is 0 Å². The number of rotatable bonds is 6. The van der Waals surface area contributed by atoms with Gasteiger partial charge in [0.15, 0.2) is 0 Å². The molecule has 8 unspecified atom stereocenters. The third kappa shape index (κ3) is 13.3. The van der Waals surface area contributed by atoms with Crippen LogP contribution in [0.25, 0.3) is 0 Å². The standard InChI is InChI=1S/C15H28O2.C9H18O2.C9H16.C6H8O3/c1-6-12(3)14(16)17-15(4,5)13-9-7-11(2)8-10-13;1-6-7(2)8(10)11-9(3,4)5;1-6-7(2)9-4-3-8(6)5-9;1-3-4(2)6(8)9-5(3)7/h11-13H,6-10H2,1-5H3;7H,6H2,1-5H3;6-9H,3-5H2,1-2H3;3-4H,1-2H3. The van der Waals surface area contributed by atoms with Gasteiger partial charge in [-0.25, -0.2) is 0 Å². The molecule has 1 saturated heterocycles. The van der Waals surface area contributed by atoms with Gasteiger partial charge < -0.3 is 14.2 Å². The van der Waals surface area contributed by atoms with Crippen LogP contribution >= 0.6 is 0 Å². The number of esters is 4. The number of cyclic esters (lactones) is 2. The first-order valence-electron chi connectivity index (χ1n) is 18.4. The predicted octanol–water partition coefficient (Wildman–Crippen LogP) is 9.59. The molecule has 3 aliphatic carbocycles. The van der Waals surface area contributed by atoms with Crippen LogP contribution in [-0.2, 0) is 33.4 Å². The minimum atomic E-state index is -0.396. The lowest BCUT2D eigenvalue weighted by atomic mass is 9.75. The smallest absolute Gasteiger partial charge is 0.317 e. The van der Waals surface area contributed by atoms with Gasteiger partial charge in [0.2, 0.25) is 0 Å². The molecular formula is C39H70O7. The van der Waals surface area contributed by atoms with Crippen LogP contribution < -0.4 is 0 Å². The molecule has 1 aliphatic heterocycles. The molecule has 0 radical (unpaired) electrons. The second-order valence-corrected chi connectivity index (χ2v) is 16.5. The molecule has 0 amide bonds. The molecule has 2 bridgehead atoms. The van der Waals surface area contributed by atoms with E-state index in [0.717, 1.165) is 42.4 Å². The minimum Gasteiger partial charge on any atom is -0.460 e. The maximum Gasteiger partial charge on any atom is 0.317 e. The average molecular weight is 651 g/mol. The lowest BCUT2D eigenvalue weighted by molar-refractivity contribution is -0.168. The Labute approximate surface area is 282 Å². The number of carbonyl (C=O) groups is 4. The zero-order valence-corrected chi connectivity index (χ0v) is 32.0. The van der Waals surface area contributed by atoms with Crippen LogP contribution in [0.3, 0.4) is 0 Å². The summed E-state index contributed by atoms with van der Waals surface area (Å²) in [5, 5.41) is 0. The topological polar surface area (TPSA) is 96.0 Å². The van der Waals surface area contributed by atoms with Crippen LogP contribution in [0.4, 0.5) is 0 Å². The van der Waals surface area contributed by atoms with E-state index in [4.69, 9.17) is 9.47 Å². The van der Waals surface area contributed by atoms with Crippen LogP contribution in [0, 0.1) is 59.2 Å². The first-order chi connectivity index (χ1) is 21.1. The monoisotopic (exact) mass is 651 g/mol. The van der Waals surface area contributed by atoms with Crippen LogP contribution in [0.1, 0.15) is 155 Å². The van der Waals surface area contributed by atoms with Gasteiger partial charge >= 0.3 is 23.9 Å². The summed E-state index contributed by atoms with van der Waals surface area (Å²) < 4.78 is 15.2. The van der Waals surface area contributed by atoms with Crippen molar-refractivity contribution in [2.24, 2.45) is 59.2 Å². The first-order valence-corrected chi connectivity index (χ1v) is 18.4. The van der Waals surface area contributed by atoms with E-state index in [-0.39, 0.29) is 46.8 Å². The minimum absolute atomic E-state index is 0.0224.